The summed E-state index contributed by atoms with van der Waals surface area (Å²) in [6, 6.07) is 17.4. The van der Waals surface area contributed by atoms with Crippen molar-refractivity contribution >= 4 is 50.7 Å². The van der Waals surface area contributed by atoms with E-state index in [9.17, 15) is 18.0 Å². The smallest absolute Gasteiger partial charge is 0.264 e. The summed E-state index contributed by atoms with van der Waals surface area (Å²) in [5.41, 5.74) is 2.86. The van der Waals surface area contributed by atoms with Crippen molar-refractivity contribution in [3.63, 3.8) is 0 Å². The van der Waals surface area contributed by atoms with Crippen molar-refractivity contribution in [3.8, 4) is 0 Å². The SMILES string of the molecule is CCC(C)NC(=O)C(C)N(Cc1ccccc1C)C(=O)CN(c1ccc(Cl)c(Cl)c1)S(=O)(=O)c1ccc(C)cc1. The zero-order valence-corrected chi connectivity index (χ0v) is 25.6. The Hall–Kier alpha value is -3.07. The van der Waals surface area contributed by atoms with Gasteiger partial charge in [-0.1, -0.05) is 72.1 Å². The predicted molar refractivity (Wildman–Crippen MR) is 161 cm³/mol. The lowest BCUT2D eigenvalue weighted by Crippen LogP contribution is -2.52. The average Bonchev–Trinajstić information content (AvgIpc) is 2.92. The maximum absolute atomic E-state index is 14.0. The van der Waals surface area contributed by atoms with Crippen molar-refractivity contribution in [1.82, 2.24) is 10.2 Å². The minimum absolute atomic E-state index is 0.0185. The second-order valence-corrected chi connectivity index (χ2v) is 12.5. The monoisotopic (exact) mass is 603 g/mol. The molecule has 3 rings (SSSR count). The molecule has 214 valence electrons. The summed E-state index contributed by atoms with van der Waals surface area (Å²) in [5.74, 6) is -0.865. The van der Waals surface area contributed by atoms with Crippen LogP contribution < -0.4 is 9.62 Å². The summed E-state index contributed by atoms with van der Waals surface area (Å²) in [4.78, 5) is 28.6. The maximum atomic E-state index is 14.0. The first-order valence-corrected chi connectivity index (χ1v) is 15.2. The molecule has 40 heavy (non-hydrogen) atoms. The van der Waals surface area contributed by atoms with Crippen LogP contribution in [0, 0.1) is 13.8 Å². The molecule has 0 aliphatic rings. The van der Waals surface area contributed by atoms with E-state index in [0.717, 1.165) is 27.4 Å². The van der Waals surface area contributed by atoms with Crippen molar-refractivity contribution in [3.05, 3.63) is 93.5 Å². The quantitative estimate of drug-likeness (QED) is 0.285. The largest absolute Gasteiger partial charge is 0.352 e. The maximum Gasteiger partial charge on any atom is 0.264 e. The minimum Gasteiger partial charge on any atom is -0.352 e. The Labute approximate surface area is 247 Å². The number of sulfonamides is 1. The number of nitrogens with one attached hydrogen (secondary N) is 1. The van der Waals surface area contributed by atoms with Gasteiger partial charge in [0.1, 0.15) is 12.6 Å². The van der Waals surface area contributed by atoms with Crippen LogP contribution in [0.2, 0.25) is 10.0 Å². The van der Waals surface area contributed by atoms with Crippen LogP contribution in [0.25, 0.3) is 0 Å². The summed E-state index contributed by atoms with van der Waals surface area (Å²) in [6.45, 7) is 8.83. The van der Waals surface area contributed by atoms with E-state index in [1.54, 1.807) is 19.1 Å². The van der Waals surface area contributed by atoms with Gasteiger partial charge in [0.25, 0.3) is 10.0 Å². The lowest BCUT2D eigenvalue weighted by atomic mass is 10.1. The molecule has 0 aliphatic carbocycles. The first-order valence-electron chi connectivity index (χ1n) is 13.0. The van der Waals surface area contributed by atoms with Crippen LogP contribution in [-0.2, 0) is 26.2 Å². The van der Waals surface area contributed by atoms with Gasteiger partial charge in [-0.15, -0.1) is 0 Å². The van der Waals surface area contributed by atoms with E-state index in [-0.39, 0.29) is 39.1 Å². The highest BCUT2D eigenvalue weighted by Crippen LogP contribution is 2.31. The summed E-state index contributed by atoms with van der Waals surface area (Å²) >= 11 is 12.4. The van der Waals surface area contributed by atoms with Gasteiger partial charge in [-0.25, -0.2) is 8.42 Å². The zero-order chi connectivity index (χ0) is 29.6. The predicted octanol–water partition coefficient (Wildman–Crippen LogP) is 6.14. The Morgan fingerprint density at radius 2 is 1.57 bits per heavy atom. The number of carbonyl (C=O) groups is 2. The molecule has 0 fully saturated rings. The van der Waals surface area contributed by atoms with E-state index < -0.39 is 28.5 Å². The summed E-state index contributed by atoms with van der Waals surface area (Å²) in [6.07, 6.45) is 0.726. The number of benzene rings is 3. The molecule has 7 nitrogen and oxygen atoms in total. The third-order valence-corrected chi connectivity index (χ3v) is 9.38. The Bertz CT molecular complexity index is 1460. The Morgan fingerprint density at radius 3 is 2.17 bits per heavy atom. The fraction of sp³-hybridized carbons (Fsp3) is 0.333. The molecule has 0 saturated carbocycles. The second kappa shape index (κ2) is 13.5. The number of rotatable bonds is 11. The molecular formula is C30H35Cl2N3O4S. The van der Waals surface area contributed by atoms with Crippen LogP contribution in [-0.4, -0.2) is 43.8 Å². The van der Waals surface area contributed by atoms with Gasteiger partial charge in [-0.05, 0) is 75.6 Å². The summed E-state index contributed by atoms with van der Waals surface area (Å²) in [7, 11) is -4.20. The summed E-state index contributed by atoms with van der Waals surface area (Å²) < 4.78 is 28.8. The lowest BCUT2D eigenvalue weighted by Gasteiger charge is -2.33. The van der Waals surface area contributed by atoms with Gasteiger partial charge in [0, 0.05) is 12.6 Å². The van der Waals surface area contributed by atoms with Gasteiger partial charge < -0.3 is 10.2 Å². The van der Waals surface area contributed by atoms with E-state index in [1.807, 2.05) is 52.0 Å². The van der Waals surface area contributed by atoms with Crippen molar-refractivity contribution in [2.75, 3.05) is 10.8 Å². The molecule has 1 N–H and O–H groups in total. The number of halogens is 2. The minimum atomic E-state index is -4.20. The van der Waals surface area contributed by atoms with Crippen LogP contribution in [0.15, 0.2) is 71.6 Å². The first kappa shape index (κ1) is 31.5. The molecule has 0 aromatic heterocycles. The molecule has 0 aliphatic heterocycles. The van der Waals surface area contributed by atoms with E-state index in [4.69, 9.17) is 23.2 Å². The fourth-order valence-electron chi connectivity index (χ4n) is 4.03. The Balaban J connectivity index is 2.06. The van der Waals surface area contributed by atoms with Crippen LogP contribution in [0.5, 0.6) is 0 Å². The number of amides is 2. The lowest BCUT2D eigenvalue weighted by molar-refractivity contribution is -0.139. The normalized spacial score (nSPS) is 12.9. The molecule has 0 bridgehead atoms. The number of aryl methyl sites for hydroxylation is 2. The summed E-state index contributed by atoms with van der Waals surface area (Å²) in [5, 5.41) is 3.33. The van der Waals surface area contributed by atoms with Crippen LogP contribution >= 0.6 is 23.2 Å². The van der Waals surface area contributed by atoms with E-state index in [2.05, 4.69) is 5.32 Å². The number of hydrogen-bond donors (Lipinski definition) is 1. The van der Waals surface area contributed by atoms with Gasteiger partial charge in [0.15, 0.2) is 0 Å². The second-order valence-electron chi connectivity index (χ2n) is 9.87. The van der Waals surface area contributed by atoms with Crippen LogP contribution in [0.1, 0.15) is 43.9 Å². The molecule has 2 unspecified atom stereocenters. The van der Waals surface area contributed by atoms with Crippen molar-refractivity contribution in [1.29, 1.82) is 0 Å². The van der Waals surface area contributed by atoms with E-state index in [0.29, 0.717) is 0 Å². The van der Waals surface area contributed by atoms with Crippen molar-refractivity contribution < 1.29 is 18.0 Å². The number of anilines is 1. The molecule has 0 radical (unpaired) electrons. The molecule has 10 heteroatoms. The van der Waals surface area contributed by atoms with E-state index >= 15 is 0 Å². The molecule has 2 atom stereocenters. The Morgan fingerprint density at radius 1 is 0.925 bits per heavy atom. The van der Waals surface area contributed by atoms with Gasteiger partial charge in [-0.3, -0.25) is 13.9 Å². The molecule has 2 amide bonds. The third kappa shape index (κ3) is 7.56. The van der Waals surface area contributed by atoms with E-state index in [1.165, 1.54) is 35.2 Å². The highest BCUT2D eigenvalue weighted by Gasteiger charge is 2.33. The Kier molecular flexibility index (Phi) is 10.6. The van der Waals surface area contributed by atoms with Crippen LogP contribution in [0.4, 0.5) is 5.69 Å². The molecule has 0 saturated heterocycles. The molecule has 0 spiro atoms. The van der Waals surface area contributed by atoms with Crippen molar-refractivity contribution in [2.45, 2.75) is 64.6 Å². The zero-order valence-electron chi connectivity index (χ0n) is 23.3. The molecule has 3 aromatic carbocycles. The van der Waals surface area contributed by atoms with Gasteiger partial charge >= 0.3 is 0 Å². The molecular weight excluding hydrogens is 569 g/mol. The van der Waals surface area contributed by atoms with Gasteiger partial charge in [0.05, 0.1) is 20.6 Å². The third-order valence-electron chi connectivity index (χ3n) is 6.85. The first-order chi connectivity index (χ1) is 18.8. The fourth-order valence-corrected chi connectivity index (χ4v) is 5.72. The number of carbonyl (C=O) groups excluding carboxylic acids is 2. The molecule has 0 heterocycles. The van der Waals surface area contributed by atoms with Crippen molar-refractivity contribution in [2.24, 2.45) is 0 Å². The molecule has 3 aromatic rings. The number of nitrogens with zero attached hydrogens (tertiary/aromatic N) is 2. The van der Waals surface area contributed by atoms with Gasteiger partial charge in [-0.2, -0.15) is 0 Å². The van der Waals surface area contributed by atoms with Gasteiger partial charge in [0.2, 0.25) is 11.8 Å². The highest BCUT2D eigenvalue weighted by atomic mass is 35.5. The van der Waals surface area contributed by atoms with Crippen LogP contribution in [0.3, 0.4) is 0 Å². The topological polar surface area (TPSA) is 86.8 Å². The highest BCUT2D eigenvalue weighted by molar-refractivity contribution is 7.92. The standard InChI is InChI=1S/C30H35Cl2N3O4S/c1-6-22(4)33-30(37)23(5)34(18-24-10-8-7-9-21(24)3)29(36)19-35(25-13-16-27(31)28(32)17-25)40(38,39)26-14-11-20(2)12-15-26/h7-17,22-23H,6,18-19H2,1-5H3,(H,33,37). The average molecular weight is 605 g/mol. The number of hydrogen-bond acceptors (Lipinski definition) is 4.